The molecule has 0 saturated heterocycles. The Hall–Kier alpha value is -2.94. The molecule has 1 aliphatic carbocycles. The number of rotatable bonds is 11. The van der Waals surface area contributed by atoms with Crippen molar-refractivity contribution in [3.63, 3.8) is 0 Å². The molecule has 2 amide bonds. The summed E-state index contributed by atoms with van der Waals surface area (Å²) in [6.07, 6.45) is 5.37. The number of halogens is 1. The Labute approximate surface area is 213 Å². The van der Waals surface area contributed by atoms with Crippen LogP contribution >= 0.6 is 0 Å². The first-order chi connectivity index (χ1) is 17.1. The molecule has 1 saturated carbocycles. The molecular weight excluding hydrogens is 481 g/mol. The van der Waals surface area contributed by atoms with Crippen molar-refractivity contribution in [2.75, 3.05) is 17.1 Å². The van der Waals surface area contributed by atoms with E-state index in [4.69, 9.17) is 0 Å². The standard InChI is InChI=1S/C27H36FN3O4S/c1-20-14-16-24(17-15-20)31(36(3,34)35)18-8-13-26(32)30(19-22-9-4-7-12-25(22)28)21(2)27(33)29-23-10-5-6-11-23/h4,7,9,12,14-17,21,23H,5-6,8,10-11,13,18-19H2,1-3H3,(H,29,33)/t21-/m0/s1. The molecule has 7 nitrogen and oxygen atoms in total. The van der Waals surface area contributed by atoms with E-state index in [1.54, 1.807) is 37.3 Å². The maximum Gasteiger partial charge on any atom is 0.242 e. The van der Waals surface area contributed by atoms with E-state index in [2.05, 4.69) is 5.32 Å². The number of nitrogens with zero attached hydrogens (tertiary/aromatic N) is 2. The normalized spacial score (nSPS) is 14.9. The molecule has 3 rings (SSSR count). The summed E-state index contributed by atoms with van der Waals surface area (Å²) in [5, 5.41) is 3.02. The van der Waals surface area contributed by atoms with E-state index in [-0.39, 0.29) is 43.8 Å². The molecule has 0 bridgehead atoms. The van der Waals surface area contributed by atoms with Gasteiger partial charge in [0.05, 0.1) is 11.9 Å². The van der Waals surface area contributed by atoms with Crippen molar-refractivity contribution in [2.24, 2.45) is 0 Å². The fourth-order valence-electron chi connectivity index (χ4n) is 4.50. The predicted molar refractivity (Wildman–Crippen MR) is 139 cm³/mol. The third-order valence-electron chi connectivity index (χ3n) is 6.64. The second kappa shape index (κ2) is 12.3. The molecule has 0 heterocycles. The zero-order valence-electron chi connectivity index (χ0n) is 21.2. The van der Waals surface area contributed by atoms with E-state index in [9.17, 15) is 22.4 Å². The minimum absolute atomic E-state index is 0.0212. The van der Waals surface area contributed by atoms with Crippen LogP contribution in [0.4, 0.5) is 10.1 Å². The van der Waals surface area contributed by atoms with Crippen molar-refractivity contribution in [3.8, 4) is 0 Å². The van der Waals surface area contributed by atoms with Gasteiger partial charge in [-0.1, -0.05) is 48.7 Å². The second-order valence-corrected chi connectivity index (χ2v) is 11.5. The number of carbonyl (C=O) groups excluding carboxylic acids is 2. The first kappa shape index (κ1) is 27.6. The van der Waals surface area contributed by atoms with Crippen molar-refractivity contribution < 1.29 is 22.4 Å². The third kappa shape index (κ3) is 7.53. The molecule has 2 aromatic carbocycles. The molecule has 0 spiro atoms. The average Bonchev–Trinajstić information content (AvgIpc) is 3.34. The van der Waals surface area contributed by atoms with E-state index in [1.165, 1.54) is 15.3 Å². The molecular formula is C27H36FN3O4S. The second-order valence-electron chi connectivity index (χ2n) is 9.55. The molecule has 1 atom stereocenters. The van der Waals surface area contributed by atoms with Gasteiger partial charge in [-0.25, -0.2) is 12.8 Å². The van der Waals surface area contributed by atoms with Gasteiger partial charge in [-0.05, 0) is 51.3 Å². The van der Waals surface area contributed by atoms with E-state index in [0.717, 1.165) is 37.5 Å². The number of sulfonamides is 1. The summed E-state index contributed by atoms with van der Waals surface area (Å²) in [6.45, 7) is 3.64. The highest BCUT2D eigenvalue weighted by Crippen LogP contribution is 2.21. The van der Waals surface area contributed by atoms with Gasteiger partial charge >= 0.3 is 0 Å². The third-order valence-corrected chi connectivity index (χ3v) is 7.84. The summed E-state index contributed by atoms with van der Waals surface area (Å²) < 4.78 is 40.5. The highest BCUT2D eigenvalue weighted by molar-refractivity contribution is 7.92. The minimum Gasteiger partial charge on any atom is -0.352 e. The predicted octanol–water partition coefficient (Wildman–Crippen LogP) is 4.16. The van der Waals surface area contributed by atoms with Gasteiger partial charge in [-0.3, -0.25) is 13.9 Å². The highest BCUT2D eigenvalue weighted by Gasteiger charge is 2.29. The lowest BCUT2D eigenvalue weighted by molar-refractivity contribution is -0.141. The van der Waals surface area contributed by atoms with E-state index >= 15 is 0 Å². The Bertz CT molecular complexity index is 1150. The van der Waals surface area contributed by atoms with Crippen LogP contribution in [0.1, 0.15) is 56.6 Å². The summed E-state index contributed by atoms with van der Waals surface area (Å²) >= 11 is 0. The Morgan fingerprint density at radius 3 is 2.33 bits per heavy atom. The number of nitrogens with one attached hydrogen (secondary N) is 1. The lowest BCUT2D eigenvalue weighted by Crippen LogP contribution is -2.49. The molecule has 1 fully saturated rings. The summed E-state index contributed by atoms with van der Waals surface area (Å²) in [5.41, 5.74) is 1.86. The topological polar surface area (TPSA) is 86.8 Å². The van der Waals surface area contributed by atoms with Gasteiger partial charge < -0.3 is 10.2 Å². The van der Waals surface area contributed by atoms with Gasteiger partial charge in [0.2, 0.25) is 21.8 Å². The molecule has 2 aromatic rings. The Balaban J connectivity index is 1.72. The van der Waals surface area contributed by atoms with Crippen molar-refractivity contribution in [2.45, 2.75) is 71.0 Å². The molecule has 36 heavy (non-hydrogen) atoms. The lowest BCUT2D eigenvalue weighted by atomic mass is 10.1. The Kier molecular flexibility index (Phi) is 9.48. The van der Waals surface area contributed by atoms with E-state index < -0.39 is 21.9 Å². The number of benzene rings is 2. The SMILES string of the molecule is Cc1ccc(N(CCCC(=O)N(Cc2ccccc2F)[C@@H](C)C(=O)NC2CCCC2)S(C)(=O)=O)cc1. The van der Waals surface area contributed by atoms with Crippen LogP contribution in [0.3, 0.4) is 0 Å². The quantitative estimate of drug-likeness (QED) is 0.485. The number of hydrogen-bond acceptors (Lipinski definition) is 4. The minimum atomic E-state index is -3.55. The molecule has 0 aliphatic heterocycles. The molecule has 0 unspecified atom stereocenters. The Morgan fingerprint density at radius 2 is 1.72 bits per heavy atom. The number of carbonyl (C=O) groups is 2. The van der Waals surface area contributed by atoms with Crippen molar-refractivity contribution in [1.82, 2.24) is 10.2 Å². The summed E-state index contributed by atoms with van der Waals surface area (Å²) in [6, 6.07) is 12.6. The van der Waals surface area contributed by atoms with E-state index in [0.29, 0.717) is 11.3 Å². The zero-order valence-corrected chi connectivity index (χ0v) is 22.1. The van der Waals surface area contributed by atoms with Crippen LogP contribution in [0, 0.1) is 12.7 Å². The fourth-order valence-corrected chi connectivity index (χ4v) is 5.47. The van der Waals surface area contributed by atoms with Crippen LogP contribution in [0.5, 0.6) is 0 Å². The van der Waals surface area contributed by atoms with Gasteiger partial charge in [-0.15, -0.1) is 0 Å². The number of anilines is 1. The van der Waals surface area contributed by atoms with Gasteiger partial charge in [0.1, 0.15) is 11.9 Å². The number of hydrogen-bond donors (Lipinski definition) is 1. The smallest absolute Gasteiger partial charge is 0.242 e. The number of aryl methyl sites for hydroxylation is 1. The van der Waals surface area contributed by atoms with Crippen LogP contribution in [0.25, 0.3) is 0 Å². The molecule has 1 aliphatic rings. The molecule has 196 valence electrons. The maximum atomic E-state index is 14.4. The van der Waals surface area contributed by atoms with Crippen LogP contribution in [0.15, 0.2) is 48.5 Å². The maximum absolute atomic E-state index is 14.4. The van der Waals surface area contributed by atoms with Crippen LogP contribution in [-0.2, 0) is 26.2 Å². The van der Waals surface area contributed by atoms with Crippen LogP contribution < -0.4 is 9.62 Å². The zero-order chi connectivity index (χ0) is 26.3. The van der Waals surface area contributed by atoms with Crippen LogP contribution in [0.2, 0.25) is 0 Å². The van der Waals surface area contributed by atoms with Gasteiger partial charge in [0.15, 0.2) is 0 Å². The van der Waals surface area contributed by atoms with Crippen molar-refractivity contribution >= 4 is 27.5 Å². The summed E-state index contributed by atoms with van der Waals surface area (Å²) in [7, 11) is -3.55. The monoisotopic (exact) mass is 517 g/mol. The lowest BCUT2D eigenvalue weighted by Gasteiger charge is -2.30. The Morgan fingerprint density at radius 1 is 1.08 bits per heavy atom. The summed E-state index contributed by atoms with van der Waals surface area (Å²) in [5.74, 6) is -1.03. The highest BCUT2D eigenvalue weighted by atomic mass is 32.2. The van der Waals surface area contributed by atoms with Gasteiger partial charge in [0.25, 0.3) is 0 Å². The van der Waals surface area contributed by atoms with Crippen molar-refractivity contribution in [1.29, 1.82) is 0 Å². The fraction of sp³-hybridized carbons (Fsp3) is 0.481. The average molecular weight is 518 g/mol. The first-order valence-electron chi connectivity index (χ1n) is 12.4. The van der Waals surface area contributed by atoms with Gasteiger partial charge in [-0.2, -0.15) is 0 Å². The van der Waals surface area contributed by atoms with Crippen molar-refractivity contribution in [3.05, 3.63) is 65.5 Å². The molecule has 0 aromatic heterocycles. The van der Waals surface area contributed by atoms with Gasteiger partial charge in [0, 0.05) is 31.1 Å². The first-order valence-corrected chi connectivity index (χ1v) is 14.3. The number of amides is 2. The largest absolute Gasteiger partial charge is 0.352 e. The summed E-state index contributed by atoms with van der Waals surface area (Å²) in [4.78, 5) is 27.7. The molecule has 0 radical (unpaired) electrons. The molecule has 1 N–H and O–H groups in total. The van der Waals surface area contributed by atoms with Crippen LogP contribution in [-0.4, -0.2) is 50.0 Å². The molecule has 9 heteroatoms. The van der Waals surface area contributed by atoms with E-state index in [1.807, 2.05) is 19.1 Å².